The van der Waals surface area contributed by atoms with Crippen LogP contribution in [0.15, 0.2) is 0 Å². The second-order valence-electron chi connectivity index (χ2n) is 8.14. The van der Waals surface area contributed by atoms with E-state index in [9.17, 15) is 0 Å². The van der Waals surface area contributed by atoms with Gasteiger partial charge in [0.15, 0.2) is 0 Å². The predicted octanol–water partition coefficient (Wildman–Crippen LogP) is 9.17. The van der Waals surface area contributed by atoms with Crippen LogP contribution >= 0.6 is 7.92 Å². The summed E-state index contributed by atoms with van der Waals surface area (Å²) in [6, 6.07) is 0. The Kier molecular flexibility index (Phi) is 29.7. The van der Waals surface area contributed by atoms with E-state index in [-0.39, 0.29) is 23.9 Å². The Labute approximate surface area is 186 Å². The molecule has 26 heavy (non-hydrogen) atoms. The number of unbranched alkanes of at least 4 members (excludes halogenated alkanes) is 15. The van der Waals surface area contributed by atoms with Crippen LogP contribution in [0.1, 0.15) is 136 Å². The van der Waals surface area contributed by atoms with E-state index in [0.29, 0.717) is 7.92 Å². The topological polar surface area (TPSA) is 0 Å². The van der Waals surface area contributed by atoms with Crippen molar-refractivity contribution >= 4 is 31.8 Å². The fraction of sp³-hybridized carbons (Fsp3) is 1.00. The molecular weight excluding hydrogens is 438 g/mol. The maximum atomic E-state index is 2.32. The molecule has 0 atom stereocenters. The smallest absolute Gasteiger partial charge is 0 e. The van der Waals surface area contributed by atoms with Crippen molar-refractivity contribution in [2.24, 2.45) is 0 Å². The molecule has 156 valence electrons. The molecule has 0 N–H and O–H groups in total. The van der Waals surface area contributed by atoms with Gasteiger partial charge in [-0.15, -0.1) is 7.92 Å². The summed E-state index contributed by atoms with van der Waals surface area (Å²) < 4.78 is 0. The van der Waals surface area contributed by atoms with Crippen LogP contribution in [0.3, 0.4) is 0 Å². The monoisotopic (exact) mass is 490 g/mol. The molecule has 0 fully saturated rings. The minimum absolute atomic E-state index is 0. The first-order chi connectivity index (χ1) is 12.3. The Morgan fingerprint density at radius 1 is 0.346 bits per heavy atom. The summed E-state index contributed by atoms with van der Waals surface area (Å²) in [6.07, 6.45) is 31.2. The van der Waals surface area contributed by atoms with Gasteiger partial charge in [-0.05, 0) is 37.7 Å². The second kappa shape index (κ2) is 26.2. The molecule has 0 aliphatic rings. The van der Waals surface area contributed by atoms with Crippen molar-refractivity contribution < 1.29 is 0 Å². The van der Waals surface area contributed by atoms with E-state index in [0.717, 1.165) is 0 Å². The van der Waals surface area contributed by atoms with E-state index in [1.54, 1.807) is 18.5 Å². The number of hydrogen-bond donors (Lipinski definition) is 0. The molecule has 0 rings (SSSR count). The Morgan fingerprint density at radius 3 is 0.846 bits per heavy atom. The van der Waals surface area contributed by atoms with Gasteiger partial charge in [0.1, 0.15) is 0 Å². The molecular formula is C24H51PSn. The zero-order valence-electron chi connectivity index (χ0n) is 18.8. The summed E-state index contributed by atoms with van der Waals surface area (Å²) >= 11 is 0. The summed E-state index contributed by atoms with van der Waals surface area (Å²) in [4.78, 5) is 0. The predicted molar refractivity (Wildman–Crippen MR) is 127 cm³/mol. The molecule has 0 aromatic carbocycles. The summed E-state index contributed by atoms with van der Waals surface area (Å²) in [5, 5.41) is 0. The van der Waals surface area contributed by atoms with Crippen molar-refractivity contribution in [2.45, 2.75) is 136 Å². The van der Waals surface area contributed by atoms with Crippen LogP contribution < -0.4 is 0 Å². The molecule has 0 heterocycles. The average Bonchev–Trinajstić information content (AvgIpc) is 2.63. The molecule has 0 aliphatic heterocycles. The number of rotatable bonds is 21. The molecule has 4 radical (unpaired) electrons. The minimum atomic E-state index is 0. The first-order valence-electron chi connectivity index (χ1n) is 12.1. The molecule has 0 saturated heterocycles. The van der Waals surface area contributed by atoms with Gasteiger partial charge in [0.2, 0.25) is 0 Å². The zero-order valence-corrected chi connectivity index (χ0v) is 22.5. The quantitative estimate of drug-likeness (QED) is 0.0857. The van der Waals surface area contributed by atoms with E-state index < -0.39 is 0 Å². The van der Waals surface area contributed by atoms with Crippen molar-refractivity contribution in [2.75, 3.05) is 18.5 Å². The van der Waals surface area contributed by atoms with Crippen molar-refractivity contribution in [1.29, 1.82) is 0 Å². The largest absolute Gasteiger partial charge is 0.107 e. The maximum absolute atomic E-state index is 2.32. The van der Waals surface area contributed by atoms with Gasteiger partial charge >= 0.3 is 0 Å². The van der Waals surface area contributed by atoms with Crippen molar-refractivity contribution in [3.8, 4) is 0 Å². The molecule has 0 nitrogen and oxygen atoms in total. The summed E-state index contributed by atoms with van der Waals surface area (Å²) in [7, 11) is 0.366. The Balaban J connectivity index is 0. The van der Waals surface area contributed by atoms with E-state index in [1.807, 2.05) is 0 Å². The third-order valence-corrected chi connectivity index (χ3v) is 8.33. The van der Waals surface area contributed by atoms with E-state index in [4.69, 9.17) is 0 Å². The second-order valence-corrected chi connectivity index (χ2v) is 10.8. The van der Waals surface area contributed by atoms with Crippen LogP contribution in [0.25, 0.3) is 0 Å². The molecule has 0 bridgehead atoms. The first kappa shape index (κ1) is 29.4. The van der Waals surface area contributed by atoms with Gasteiger partial charge in [0.25, 0.3) is 0 Å². The molecule has 0 aromatic rings. The average molecular weight is 489 g/mol. The number of hydrogen-bond acceptors (Lipinski definition) is 0. The summed E-state index contributed by atoms with van der Waals surface area (Å²) in [5.41, 5.74) is 0. The Hall–Kier alpha value is 1.23. The third kappa shape index (κ3) is 23.3. The van der Waals surface area contributed by atoms with Crippen LogP contribution in [0.2, 0.25) is 0 Å². The standard InChI is InChI=1S/C24H51P.Sn/c1-4-7-10-13-16-19-22-25(23-20-17-14-11-8-5-2)24-21-18-15-12-9-6-3;/h4-24H2,1-3H3;. The van der Waals surface area contributed by atoms with Gasteiger partial charge in [-0.2, -0.15) is 0 Å². The van der Waals surface area contributed by atoms with Gasteiger partial charge in [-0.25, -0.2) is 0 Å². The SMILES string of the molecule is CCCCCCCCP(CCCCCCCC)CCCCCCCC.[Sn]. The fourth-order valence-corrected chi connectivity index (χ4v) is 6.37. The van der Waals surface area contributed by atoms with Crippen LogP contribution in [0.5, 0.6) is 0 Å². The summed E-state index contributed by atoms with van der Waals surface area (Å²) in [6.45, 7) is 6.96. The van der Waals surface area contributed by atoms with Crippen LogP contribution in [-0.2, 0) is 0 Å². The normalized spacial score (nSPS) is 11.1. The molecule has 0 spiro atoms. The molecule has 0 saturated carbocycles. The van der Waals surface area contributed by atoms with Gasteiger partial charge in [-0.3, -0.25) is 0 Å². The van der Waals surface area contributed by atoms with E-state index in [2.05, 4.69) is 20.8 Å². The van der Waals surface area contributed by atoms with Gasteiger partial charge in [0.05, 0.1) is 0 Å². The molecule has 2 heteroatoms. The molecule has 0 aromatic heterocycles. The van der Waals surface area contributed by atoms with Crippen LogP contribution in [0.4, 0.5) is 0 Å². The van der Waals surface area contributed by atoms with Crippen LogP contribution in [0, 0.1) is 0 Å². The van der Waals surface area contributed by atoms with Crippen molar-refractivity contribution in [1.82, 2.24) is 0 Å². The molecule has 0 unspecified atom stereocenters. The third-order valence-electron chi connectivity index (χ3n) is 5.48. The van der Waals surface area contributed by atoms with Crippen molar-refractivity contribution in [3.63, 3.8) is 0 Å². The first-order valence-corrected chi connectivity index (χ1v) is 14.0. The van der Waals surface area contributed by atoms with Gasteiger partial charge in [-0.1, -0.05) is 117 Å². The van der Waals surface area contributed by atoms with Gasteiger partial charge < -0.3 is 0 Å². The Morgan fingerprint density at radius 2 is 0.577 bits per heavy atom. The van der Waals surface area contributed by atoms with Gasteiger partial charge in [0, 0.05) is 23.9 Å². The van der Waals surface area contributed by atoms with E-state index >= 15 is 0 Å². The maximum Gasteiger partial charge on any atom is 0 e. The van der Waals surface area contributed by atoms with Crippen LogP contribution in [-0.4, -0.2) is 42.4 Å². The fourth-order valence-electron chi connectivity index (χ4n) is 3.68. The molecule has 0 aliphatic carbocycles. The minimum Gasteiger partial charge on any atom is -0.107 e. The zero-order chi connectivity index (χ0) is 18.4. The van der Waals surface area contributed by atoms with Crippen molar-refractivity contribution in [3.05, 3.63) is 0 Å². The summed E-state index contributed by atoms with van der Waals surface area (Å²) in [5.74, 6) is 0. The Bertz CT molecular complexity index is 194. The van der Waals surface area contributed by atoms with E-state index in [1.165, 1.54) is 116 Å². The molecule has 0 amide bonds.